The zero-order chi connectivity index (χ0) is 59.3. The number of nitrogens with zero attached hydrogens (tertiary/aromatic N) is 2. The Bertz CT molecular complexity index is 2140. The van der Waals surface area contributed by atoms with Crippen molar-refractivity contribution in [3.63, 3.8) is 0 Å². The number of hydrogen-bond donors (Lipinski definition) is 2. The van der Waals surface area contributed by atoms with Crippen molar-refractivity contribution in [1.82, 2.24) is 9.80 Å². The van der Waals surface area contributed by atoms with E-state index in [1.54, 1.807) is 53.1 Å². The van der Waals surface area contributed by atoms with Crippen LogP contribution >= 0.6 is 0 Å². The minimum atomic E-state index is -1.06. The molecule has 14 heteroatoms. The molecule has 1 aliphatic carbocycles. The van der Waals surface area contributed by atoms with Crippen molar-refractivity contribution < 1.29 is 57.9 Å². The first-order valence-corrected chi connectivity index (χ1v) is 29.7. The first-order valence-electron chi connectivity index (χ1n) is 29.7. The summed E-state index contributed by atoms with van der Waals surface area (Å²) in [6.07, 6.45) is 21.3. The molecule has 14 nitrogen and oxygen atoms in total. The monoisotopic (exact) mass is 1110 g/mol. The standard InChI is InChI=1S/C58H93NO11.C7H13NO/c1-16-58(11,12)44(10)55(63)59-29-21-20-24-47(59)57(65)70-51(41(7)32-45-26-28-48(60)52(33-45)67-14)35-49(61)40(6)31-42(8)53(62)54(68-15)43(9)39(5)30-36(2)22-18-17-19-23-37(3)50(66-13)34-46-27-25-38(4)56(64)69-46;1-6(9)7-4-3-5-8(7)2/h17-19,22-23,31,35-36,38-41,44-48,50,52-54,60,62H,9,16,20-21,24-30,32-34H2,1-8,10-15H3;7H,3-5H2,1-2H3/b19-17+,22-18+,37-23+,42-31+,51-35?;/t;7-/m.0/s1. The van der Waals surface area contributed by atoms with Gasteiger partial charge in [0.15, 0.2) is 5.78 Å². The average Bonchev–Trinajstić information content (AvgIpc) is 3.88. The van der Waals surface area contributed by atoms with Gasteiger partial charge in [-0.05, 0) is 151 Å². The van der Waals surface area contributed by atoms with Crippen LogP contribution in [0.3, 0.4) is 0 Å². The van der Waals surface area contributed by atoms with Gasteiger partial charge in [-0.25, -0.2) is 4.79 Å². The molecular weight excluding hydrogens is 1000 g/mol. The van der Waals surface area contributed by atoms with E-state index in [2.05, 4.69) is 52.2 Å². The molecule has 3 aliphatic heterocycles. The van der Waals surface area contributed by atoms with Crippen LogP contribution in [0.1, 0.15) is 173 Å². The number of ketones is 2. The number of ether oxygens (including phenoxy) is 5. The zero-order valence-corrected chi connectivity index (χ0v) is 51.6. The molecule has 3 heterocycles. The number of esters is 2. The van der Waals surface area contributed by atoms with E-state index in [1.807, 2.05) is 59.0 Å². The number of aliphatic hydroxyl groups excluding tert-OH is 2. The summed E-state index contributed by atoms with van der Waals surface area (Å²) >= 11 is 0. The summed E-state index contributed by atoms with van der Waals surface area (Å²) in [6.45, 7) is 29.4. The molecule has 0 aromatic heterocycles. The molecule has 3 saturated heterocycles. The molecule has 4 fully saturated rings. The van der Waals surface area contributed by atoms with Gasteiger partial charge in [0.25, 0.3) is 0 Å². The third-order valence-electron chi connectivity index (χ3n) is 17.9. The summed E-state index contributed by atoms with van der Waals surface area (Å²) in [5, 5.41) is 22.1. The number of likely N-dealkylation sites (N-methyl/N-ethyl adjacent to an activating group) is 1. The van der Waals surface area contributed by atoms with Crippen LogP contribution in [0.15, 0.2) is 71.6 Å². The van der Waals surface area contributed by atoms with Gasteiger partial charge in [0.2, 0.25) is 5.91 Å². The molecule has 0 radical (unpaired) electrons. The van der Waals surface area contributed by atoms with Gasteiger partial charge in [-0.1, -0.05) is 112 Å². The first-order chi connectivity index (χ1) is 37.2. The number of aliphatic hydroxyl groups is 2. The van der Waals surface area contributed by atoms with Crippen molar-refractivity contribution in [1.29, 1.82) is 0 Å². The quantitative estimate of drug-likeness (QED) is 0.0261. The fourth-order valence-electron chi connectivity index (χ4n) is 11.5. The van der Waals surface area contributed by atoms with Crippen molar-refractivity contribution >= 4 is 29.4 Å². The maximum Gasteiger partial charge on any atom is 0.333 e. The minimum absolute atomic E-state index is 0.00144. The van der Waals surface area contributed by atoms with Gasteiger partial charge in [0.1, 0.15) is 35.9 Å². The van der Waals surface area contributed by atoms with Gasteiger partial charge in [-0.2, -0.15) is 0 Å². The molecular formula is C65H106N2O12. The van der Waals surface area contributed by atoms with E-state index < -0.39 is 36.2 Å². The first kappa shape index (κ1) is 69.2. The molecule has 4 aliphatic rings. The maximum absolute atomic E-state index is 14.2. The van der Waals surface area contributed by atoms with E-state index in [9.17, 15) is 34.2 Å². The molecule has 0 bridgehead atoms. The molecule has 0 aromatic carbocycles. The average molecular weight is 1110 g/mol. The maximum atomic E-state index is 14.2. The number of Topliss-reactive ketones (excluding diaryl/α,β-unsaturated/α-hetero) is 1. The van der Waals surface area contributed by atoms with Gasteiger partial charge < -0.3 is 38.8 Å². The van der Waals surface area contributed by atoms with Crippen molar-refractivity contribution in [3.05, 3.63) is 71.6 Å². The normalized spacial score (nSPS) is 27.0. The van der Waals surface area contributed by atoms with Gasteiger partial charge in [0, 0.05) is 58.1 Å². The van der Waals surface area contributed by atoms with E-state index in [4.69, 9.17) is 23.7 Å². The van der Waals surface area contributed by atoms with Crippen LogP contribution in [0.5, 0.6) is 0 Å². The van der Waals surface area contributed by atoms with E-state index in [0.717, 1.165) is 69.1 Å². The molecule has 0 spiro atoms. The Balaban J connectivity index is 0.00000165. The molecule has 1 saturated carbocycles. The summed E-state index contributed by atoms with van der Waals surface area (Å²) in [6, 6.07) is -0.527. The Morgan fingerprint density at radius 1 is 0.848 bits per heavy atom. The Kier molecular flexibility index (Phi) is 29.6. The number of carbonyl (C=O) groups excluding carboxylic acids is 5. The molecule has 448 valence electrons. The number of hydrogen-bond acceptors (Lipinski definition) is 13. The number of carbonyl (C=O) groups is 5. The summed E-state index contributed by atoms with van der Waals surface area (Å²) in [7, 11) is 6.84. The smallest absolute Gasteiger partial charge is 0.333 e. The lowest BCUT2D eigenvalue weighted by atomic mass is 9.76. The number of piperidine rings is 1. The largest absolute Gasteiger partial charge is 0.462 e. The number of methoxy groups -OCH3 is 3. The third-order valence-corrected chi connectivity index (χ3v) is 17.9. The van der Waals surface area contributed by atoms with Crippen molar-refractivity contribution in [2.24, 2.45) is 46.8 Å². The van der Waals surface area contributed by atoms with Crippen LogP contribution in [0.25, 0.3) is 0 Å². The van der Waals surface area contributed by atoms with Gasteiger partial charge in [0.05, 0.1) is 30.3 Å². The van der Waals surface area contributed by atoms with Crippen LogP contribution in [0.2, 0.25) is 0 Å². The molecule has 15 atom stereocenters. The Hall–Kier alpha value is -4.05. The van der Waals surface area contributed by atoms with Crippen LogP contribution < -0.4 is 0 Å². The Labute approximate surface area is 476 Å². The predicted octanol–water partition coefficient (Wildman–Crippen LogP) is 11.3. The highest BCUT2D eigenvalue weighted by Gasteiger charge is 2.41. The number of cyclic esters (lactones) is 1. The number of rotatable bonds is 27. The second-order valence-electron chi connectivity index (χ2n) is 24.6. The van der Waals surface area contributed by atoms with Gasteiger partial charge >= 0.3 is 11.9 Å². The van der Waals surface area contributed by atoms with E-state index >= 15 is 0 Å². The highest BCUT2D eigenvalue weighted by molar-refractivity contribution is 5.94. The highest BCUT2D eigenvalue weighted by Crippen LogP contribution is 2.37. The lowest BCUT2D eigenvalue weighted by molar-refractivity contribution is -0.161. The molecule has 4 rings (SSSR count). The fourth-order valence-corrected chi connectivity index (χ4v) is 11.5. The summed E-state index contributed by atoms with van der Waals surface area (Å²) in [5.74, 6) is -1.40. The van der Waals surface area contributed by atoms with E-state index in [0.29, 0.717) is 50.0 Å². The highest BCUT2D eigenvalue weighted by atomic mass is 16.6. The number of amides is 1. The minimum Gasteiger partial charge on any atom is -0.462 e. The lowest BCUT2D eigenvalue weighted by Crippen LogP contribution is -2.52. The summed E-state index contributed by atoms with van der Waals surface area (Å²) < 4.78 is 29.0. The SMILES string of the molecule is C=C(C(C)CC(C)/C=C/C=C/C=C(\C)C(CC1CCC(C)C(=O)O1)OC)C(OC)C(O)/C(C)=C/C(C)C(=O)C=C(OC(=O)C1CCCCN1C(=O)C(C)C(C)(C)CC)C(C)CC1CCC(O)C(OC)C1.CC(=O)[C@@H]1CCCN1C. The topological polar surface area (TPSA) is 178 Å². The van der Waals surface area contributed by atoms with Gasteiger partial charge in [-0.3, -0.25) is 24.1 Å². The Morgan fingerprint density at radius 2 is 1.53 bits per heavy atom. The van der Waals surface area contributed by atoms with Crippen LogP contribution in [-0.2, 0) is 47.7 Å². The van der Waals surface area contributed by atoms with Crippen LogP contribution in [-0.4, -0.2) is 140 Å². The number of likely N-dealkylation sites (tertiary alicyclic amines) is 2. The summed E-state index contributed by atoms with van der Waals surface area (Å²) in [4.78, 5) is 68.9. The van der Waals surface area contributed by atoms with Crippen molar-refractivity contribution in [2.75, 3.05) is 41.5 Å². The molecule has 2 N–H and O–H groups in total. The fraction of sp³-hybridized carbons (Fsp3) is 0.738. The zero-order valence-electron chi connectivity index (χ0n) is 51.6. The molecule has 14 unspecified atom stereocenters. The van der Waals surface area contributed by atoms with E-state index in [-0.39, 0.29) is 88.7 Å². The molecule has 79 heavy (non-hydrogen) atoms. The lowest BCUT2D eigenvalue weighted by Gasteiger charge is -2.39. The second-order valence-corrected chi connectivity index (χ2v) is 24.6. The van der Waals surface area contributed by atoms with Crippen molar-refractivity contribution in [2.45, 2.75) is 222 Å². The predicted molar refractivity (Wildman–Crippen MR) is 314 cm³/mol. The van der Waals surface area contributed by atoms with Crippen LogP contribution in [0, 0.1) is 46.8 Å². The van der Waals surface area contributed by atoms with E-state index in [1.165, 1.54) is 12.5 Å². The summed E-state index contributed by atoms with van der Waals surface area (Å²) in [5.41, 5.74) is 2.11. The molecule has 0 aromatic rings. The molecule has 1 amide bonds. The van der Waals surface area contributed by atoms with Crippen molar-refractivity contribution in [3.8, 4) is 0 Å². The Morgan fingerprint density at radius 3 is 2.11 bits per heavy atom. The van der Waals surface area contributed by atoms with Crippen LogP contribution in [0.4, 0.5) is 0 Å². The third kappa shape index (κ3) is 21.3. The number of allylic oxidation sites excluding steroid dienone is 8. The second kappa shape index (κ2) is 33.8. The van der Waals surface area contributed by atoms with Gasteiger partial charge in [-0.15, -0.1) is 0 Å².